The molecule has 0 aromatic heterocycles. The Kier molecular flexibility index (Phi) is 6.83. The summed E-state index contributed by atoms with van der Waals surface area (Å²) in [6.45, 7) is 0. The lowest BCUT2D eigenvalue weighted by molar-refractivity contribution is -0.137. The van der Waals surface area contributed by atoms with E-state index in [4.69, 9.17) is 11.6 Å². The first kappa shape index (κ1) is 17.3. The van der Waals surface area contributed by atoms with Crippen molar-refractivity contribution in [2.24, 2.45) is 0 Å². The molecule has 20 heavy (non-hydrogen) atoms. The van der Waals surface area contributed by atoms with Crippen molar-refractivity contribution in [3.05, 3.63) is 35.4 Å². The summed E-state index contributed by atoms with van der Waals surface area (Å²) >= 11 is 5.63. The van der Waals surface area contributed by atoms with Gasteiger partial charge in [0.15, 0.2) is 0 Å². The van der Waals surface area contributed by atoms with Crippen LogP contribution < -0.4 is 0 Å². The molecule has 1 unspecified atom stereocenters. The monoisotopic (exact) mass is 307 g/mol. The van der Waals surface area contributed by atoms with Crippen LogP contribution in [0.1, 0.15) is 42.9 Å². The molecule has 1 atom stereocenters. The third kappa shape index (κ3) is 5.33. The smallest absolute Gasteiger partial charge is 0.302 e. The lowest BCUT2D eigenvalue weighted by atomic mass is 9.97. The van der Waals surface area contributed by atoms with Crippen LogP contribution in [0.15, 0.2) is 24.3 Å². The van der Waals surface area contributed by atoms with Gasteiger partial charge in [0, 0.05) is 11.9 Å². The van der Waals surface area contributed by atoms with E-state index in [9.17, 15) is 13.2 Å². The van der Waals surface area contributed by atoms with Gasteiger partial charge in [-0.15, -0.1) is 11.6 Å². The van der Waals surface area contributed by atoms with Gasteiger partial charge in [-0.1, -0.05) is 25.0 Å². The highest BCUT2D eigenvalue weighted by molar-refractivity contribution is 6.17. The molecule has 0 fully saturated rings. The Labute approximate surface area is 123 Å². The number of hydrogen-bond acceptors (Lipinski definition) is 1. The molecule has 0 amide bonds. The highest BCUT2D eigenvalue weighted by Gasteiger charge is 2.31. The Balaban J connectivity index is 2.81. The first-order chi connectivity index (χ1) is 9.36. The van der Waals surface area contributed by atoms with E-state index in [0.717, 1.165) is 37.3 Å². The zero-order valence-corrected chi connectivity index (χ0v) is 12.6. The van der Waals surface area contributed by atoms with Crippen LogP contribution in [0.2, 0.25) is 0 Å². The SMILES string of the molecule is CN(C)C(CCCCCCl)c1cccc(C(F)(F)F)c1. The molecule has 0 aliphatic carbocycles. The fourth-order valence-corrected chi connectivity index (χ4v) is 2.44. The second kappa shape index (κ2) is 7.89. The largest absolute Gasteiger partial charge is 0.416 e. The van der Waals surface area contributed by atoms with Gasteiger partial charge in [0.05, 0.1) is 5.56 Å². The second-order valence-electron chi connectivity index (χ2n) is 5.14. The van der Waals surface area contributed by atoms with Gasteiger partial charge < -0.3 is 4.90 Å². The van der Waals surface area contributed by atoms with Gasteiger partial charge in [-0.05, 0) is 44.6 Å². The lowest BCUT2D eigenvalue weighted by Crippen LogP contribution is -2.20. The van der Waals surface area contributed by atoms with Crippen LogP contribution in [0.4, 0.5) is 13.2 Å². The van der Waals surface area contributed by atoms with Gasteiger partial charge in [0.25, 0.3) is 0 Å². The molecule has 1 nitrogen and oxygen atoms in total. The molecule has 0 aliphatic heterocycles. The normalized spacial score (nSPS) is 13.8. The Morgan fingerprint density at radius 3 is 2.40 bits per heavy atom. The Hall–Kier alpha value is -0.740. The molecule has 0 aliphatic rings. The molecular weight excluding hydrogens is 287 g/mol. The van der Waals surface area contributed by atoms with Gasteiger partial charge in [-0.3, -0.25) is 0 Å². The van der Waals surface area contributed by atoms with E-state index in [-0.39, 0.29) is 6.04 Å². The van der Waals surface area contributed by atoms with E-state index >= 15 is 0 Å². The number of alkyl halides is 4. The molecule has 1 aromatic carbocycles. The molecule has 0 bridgehead atoms. The topological polar surface area (TPSA) is 3.24 Å². The van der Waals surface area contributed by atoms with Crippen molar-refractivity contribution in [1.82, 2.24) is 4.90 Å². The van der Waals surface area contributed by atoms with Crippen molar-refractivity contribution in [2.75, 3.05) is 20.0 Å². The summed E-state index contributed by atoms with van der Waals surface area (Å²) in [5, 5.41) is 0. The molecule has 1 rings (SSSR count). The van der Waals surface area contributed by atoms with E-state index < -0.39 is 11.7 Å². The number of nitrogens with zero attached hydrogens (tertiary/aromatic N) is 1. The maximum absolute atomic E-state index is 12.8. The van der Waals surface area contributed by atoms with Crippen LogP contribution in [0, 0.1) is 0 Å². The molecule has 5 heteroatoms. The Bertz CT molecular complexity index is 404. The molecule has 0 saturated heterocycles. The minimum absolute atomic E-state index is 0.00706. The number of hydrogen-bond donors (Lipinski definition) is 0. The van der Waals surface area contributed by atoms with E-state index in [2.05, 4.69) is 0 Å². The fraction of sp³-hybridized carbons (Fsp3) is 0.600. The van der Waals surface area contributed by atoms with Crippen LogP contribution in [0.5, 0.6) is 0 Å². The van der Waals surface area contributed by atoms with Crippen LogP contribution in [0.25, 0.3) is 0 Å². The Morgan fingerprint density at radius 2 is 1.85 bits per heavy atom. The quantitative estimate of drug-likeness (QED) is 0.500. The van der Waals surface area contributed by atoms with Gasteiger partial charge in [0.1, 0.15) is 0 Å². The third-order valence-corrected chi connectivity index (χ3v) is 3.60. The third-order valence-electron chi connectivity index (χ3n) is 3.33. The maximum Gasteiger partial charge on any atom is 0.416 e. The predicted molar refractivity (Wildman–Crippen MR) is 77.1 cm³/mol. The van der Waals surface area contributed by atoms with Gasteiger partial charge in [-0.2, -0.15) is 13.2 Å². The average molecular weight is 308 g/mol. The summed E-state index contributed by atoms with van der Waals surface area (Å²) < 4.78 is 38.3. The number of unbranched alkanes of at least 4 members (excludes halogenated alkanes) is 2. The first-order valence-corrected chi connectivity index (χ1v) is 7.29. The molecular formula is C15H21ClF3N. The zero-order valence-electron chi connectivity index (χ0n) is 11.9. The predicted octanol–water partition coefficient (Wildman–Crippen LogP) is 5.11. The number of halogens is 4. The van der Waals surface area contributed by atoms with Crippen LogP contribution in [-0.2, 0) is 6.18 Å². The van der Waals surface area contributed by atoms with Crippen molar-refractivity contribution in [3.8, 4) is 0 Å². The number of benzene rings is 1. The van der Waals surface area contributed by atoms with Crippen molar-refractivity contribution in [2.45, 2.75) is 37.9 Å². The van der Waals surface area contributed by atoms with Crippen LogP contribution in [-0.4, -0.2) is 24.9 Å². The summed E-state index contributed by atoms with van der Waals surface area (Å²) in [6, 6.07) is 5.62. The van der Waals surface area contributed by atoms with Gasteiger partial charge in [-0.25, -0.2) is 0 Å². The van der Waals surface area contributed by atoms with Crippen LogP contribution >= 0.6 is 11.6 Å². The zero-order chi connectivity index (χ0) is 15.2. The average Bonchev–Trinajstić information content (AvgIpc) is 2.37. The number of rotatable bonds is 7. The lowest BCUT2D eigenvalue weighted by Gasteiger charge is -2.25. The molecule has 0 heterocycles. The highest BCUT2D eigenvalue weighted by atomic mass is 35.5. The molecule has 114 valence electrons. The maximum atomic E-state index is 12.8. The fourth-order valence-electron chi connectivity index (χ4n) is 2.25. The minimum atomic E-state index is -4.29. The van der Waals surface area contributed by atoms with E-state index in [1.54, 1.807) is 6.07 Å². The van der Waals surface area contributed by atoms with Crippen molar-refractivity contribution >= 4 is 11.6 Å². The van der Waals surface area contributed by atoms with E-state index in [1.165, 1.54) is 12.1 Å². The summed E-state index contributed by atoms with van der Waals surface area (Å²) in [6.07, 6.45) is -0.528. The van der Waals surface area contributed by atoms with Crippen LogP contribution in [0.3, 0.4) is 0 Å². The van der Waals surface area contributed by atoms with Crippen molar-refractivity contribution in [3.63, 3.8) is 0 Å². The Morgan fingerprint density at radius 1 is 1.15 bits per heavy atom. The summed E-state index contributed by atoms with van der Waals surface area (Å²) in [5.41, 5.74) is 0.137. The summed E-state index contributed by atoms with van der Waals surface area (Å²) in [5.74, 6) is 0.635. The van der Waals surface area contributed by atoms with E-state index in [0.29, 0.717) is 5.88 Å². The minimum Gasteiger partial charge on any atom is -0.302 e. The highest BCUT2D eigenvalue weighted by Crippen LogP contribution is 2.32. The van der Waals surface area contributed by atoms with Crippen molar-refractivity contribution in [1.29, 1.82) is 0 Å². The van der Waals surface area contributed by atoms with Gasteiger partial charge >= 0.3 is 6.18 Å². The molecule has 1 aromatic rings. The summed E-state index contributed by atoms with van der Waals surface area (Å²) in [7, 11) is 3.79. The molecule has 0 radical (unpaired) electrons. The van der Waals surface area contributed by atoms with E-state index in [1.807, 2.05) is 19.0 Å². The molecule has 0 spiro atoms. The molecule has 0 N–H and O–H groups in total. The standard InChI is InChI=1S/C15H21ClF3N/c1-20(2)14(9-4-3-5-10-16)12-7-6-8-13(11-12)15(17,18)19/h6-8,11,14H,3-5,9-10H2,1-2H3. The molecule has 0 saturated carbocycles. The first-order valence-electron chi connectivity index (χ1n) is 6.76. The van der Waals surface area contributed by atoms with Gasteiger partial charge in [0.2, 0.25) is 0 Å². The second-order valence-corrected chi connectivity index (χ2v) is 5.52. The summed E-state index contributed by atoms with van der Waals surface area (Å²) in [4.78, 5) is 1.97. The van der Waals surface area contributed by atoms with Crippen molar-refractivity contribution < 1.29 is 13.2 Å².